The van der Waals surface area contributed by atoms with Gasteiger partial charge in [0, 0.05) is 0 Å². The highest BCUT2D eigenvalue weighted by molar-refractivity contribution is 5.76. The van der Waals surface area contributed by atoms with Crippen LogP contribution in [0.3, 0.4) is 0 Å². The van der Waals surface area contributed by atoms with E-state index in [9.17, 15) is 20.1 Å². The highest BCUT2D eigenvalue weighted by atomic mass is 16.3. The summed E-state index contributed by atoms with van der Waals surface area (Å²) in [5, 5.41) is 33.3. The minimum absolute atomic E-state index is 0.00525. The maximum Gasteiger partial charge on any atom is 0.222 e. The van der Waals surface area contributed by atoms with Gasteiger partial charge in [0.15, 0.2) is 0 Å². The summed E-state index contributed by atoms with van der Waals surface area (Å²) in [4.78, 5) is 12.5. The first-order valence-corrected chi connectivity index (χ1v) is 23.8. The summed E-state index contributed by atoms with van der Waals surface area (Å²) >= 11 is 0. The third-order valence-corrected chi connectivity index (χ3v) is 10.9. The molecule has 4 N–H and O–H groups in total. The Balaban J connectivity index is 3.68. The van der Waals surface area contributed by atoms with Gasteiger partial charge in [-0.05, 0) is 44.9 Å². The van der Waals surface area contributed by atoms with Crippen LogP contribution in [0.4, 0.5) is 0 Å². The molecule has 3 atom stereocenters. The highest BCUT2D eigenvalue weighted by Crippen LogP contribution is 2.16. The number of nitrogens with one attached hydrogen (secondary N) is 1. The number of hydrogen-bond donors (Lipinski definition) is 4. The Hall–Kier alpha value is -1.43. The third kappa shape index (κ3) is 40.2. The summed E-state index contributed by atoms with van der Waals surface area (Å²) in [7, 11) is 0. The minimum Gasteiger partial charge on any atom is -0.394 e. The number of hydrogen-bond acceptors (Lipinski definition) is 4. The van der Waals surface area contributed by atoms with E-state index >= 15 is 0 Å². The van der Waals surface area contributed by atoms with Gasteiger partial charge >= 0.3 is 0 Å². The van der Waals surface area contributed by atoms with Crippen molar-refractivity contribution in [3.05, 3.63) is 36.5 Å². The predicted octanol–water partition coefficient (Wildman–Crippen LogP) is 13.9. The molecular formula is C49H93NO4. The molecule has 0 aliphatic carbocycles. The van der Waals surface area contributed by atoms with Gasteiger partial charge in [-0.2, -0.15) is 0 Å². The van der Waals surface area contributed by atoms with E-state index in [1.54, 1.807) is 6.08 Å². The van der Waals surface area contributed by atoms with E-state index in [0.717, 1.165) is 38.5 Å². The topological polar surface area (TPSA) is 89.8 Å². The van der Waals surface area contributed by atoms with Crippen molar-refractivity contribution in [3.63, 3.8) is 0 Å². The van der Waals surface area contributed by atoms with Crippen molar-refractivity contribution in [3.8, 4) is 0 Å². The largest absolute Gasteiger partial charge is 0.394 e. The summed E-state index contributed by atoms with van der Waals surface area (Å²) in [6, 6.07) is -0.765. The van der Waals surface area contributed by atoms with Crippen LogP contribution in [-0.4, -0.2) is 46.1 Å². The Kier molecular flexibility index (Phi) is 43.1. The molecule has 5 heteroatoms. The molecule has 0 aromatic carbocycles. The highest BCUT2D eigenvalue weighted by Gasteiger charge is 2.20. The molecule has 0 saturated heterocycles. The van der Waals surface area contributed by atoms with Crippen molar-refractivity contribution in [2.24, 2.45) is 0 Å². The van der Waals surface area contributed by atoms with Crippen LogP contribution in [0.15, 0.2) is 36.5 Å². The number of carbonyl (C=O) groups excluding carboxylic acids is 1. The third-order valence-electron chi connectivity index (χ3n) is 10.9. The summed E-state index contributed by atoms with van der Waals surface area (Å²) in [6.45, 7) is 4.21. The molecule has 0 aliphatic rings. The van der Waals surface area contributed by atoms with Gasteiger partial charge in [-0.1, -0.05) is 230 Å². The first-order valence-electron chi connectivity index (χ1n) is 23.8. The Morgan fingerprint density at radius 1 is 0.463 bits per heavy atom. The molecule has 0 aromatic heterocycles. The van der Waals surface area contributed by atoms with Gasteiger partial charge in [-0.25, -0.2) is 0 Å². The van der Waals surface area contributed by atoms with E-state index in [1.807, 2.05) is 6.08 Å². The average Bonchev–Trinajstić information content (AvgIpc) is 3.16. The van der Waals surface area contributed by atoms with Crippen molar-refractivity contribution in [1.82, 2.24) is 5.32 Å². The maximum absolute atomic E-state index is 12.5. The molecule has 0 aliphatic heterocycles. The Morgan fingerprint density at radius 3 is 1.19 bits per heavy atom. The smallest absolute Gasteiger partial charge is 0.222 e. The molecule has 5 nitrogen and oxygen atoms in total. The van der Waals surface area contributed by atoms with Crippen LogP contribution in [0.25, 0.3) is 0 Å². The molecule has 0 saturated carbocycles. The number of unbranched alkanes of at least 4 members (excludes halogenated alkanes) is 30. The zero-order valence-electron chi connectivity index (χ0n) is 36.1. The number of allylic oxidation sites excluding steroid dienone is 5. The van der Waals surface area contributed by atoms with E-state index in [-0.39, 0.29) is 18.9 Å². The molecular weight excluding hydrogens is 667 g/mol. The van der Waals surface area contributed by atoms with Crippen molar-refractivity contribution < 1.29 is 20.1 Å². The van der Waals surface area contributed by atoms with Gasteiger partial charge in [-0.15, -0.1) is 0 Å². The van der Waals surface area contributed by atoms with E-state index < -0.39 is 18.2 Å². The molecule has 0 rings (SSSR count). The van der Waals surface area contributed by atoms with Crippen molar-refractivity contribution in [2.75, 3.05) is 6.61 Å². The Labute approximate surface area is 336 Å². The van der Waals surface area contributed by atoms with Crippen LogP contribution < -0.4 is 5.32 Å². The maximum atomic E-state index is 12.5. The monoisotopic (exact) mass is 760 g/mol. The molecule has 0 heterocycles. The summed E-state index contributed by atoms with van der Waals surface area (Å²) in [5.74, 6) is -0.327. The summed E-state index contributed by atoms with van der Waals surface area (Å²) in [6.07, 6.45) is 55.8. The van der Waals surface area contributed by atoms with Gasteiger partial charge in [0.1, 0.15) is 0 Å². The molecule has 3 unspecified atom stereocenters. The second kappa shape index (κ2) is 44.3. The number of carbonyl (C=O) groups is 1. The average molecular weight is 760 g/mol. The lowest BCUT2D eigenvalue weighted by atomic mass is 10.0. The van der Waals surface area contributed by atoms with Crippen LogP contribution in [-0.2, 0) is 4.79 Å². The van der Waals surface area contributed by atoms with Gasteiger partial charge < -0.3 is 20.6 Å². The summed E-state index contributed by atoms with van der Waals surface area (Å²) in [5.41, 5.74) is 0. The lowest BCUT2D eigenvalue weighted by Crippen LogP contribution is -2.45. The Morgan fingerprint density at radius 2 is 0.796 bits per heavy atom. The van der Waals surface area contributed by atoms with E-state index in [0.29, 0.717) is 6.42 Å². The standard InChI is InChI=1S/C49H93NO4/c1-3-5-7-9-11-13-15-17-19-21-23-25-26-28-30-32-34-36-38-40-42-46(52)44-49(54)50-47(45-51)48(53)43-41-39-37-35-33-31-29-27-24-22-20-18-16-14-12-10-8-6-4-2/h24,27,33,35,41,43,46-48,51-53H,3-23,25-26,28-32,34,36-40,42,44-45H2,1-2H3,(H,50,54)/b27-24+,35-33+,43-41+. The zero-order chi connectivity index (χ0) is 39.4. The second-order valence-corrected chi connectivity index (χ2v) is 16.4. The SMILES string of the molecule is CCCCCCCCCCC/C=C/CC/C=C/CC/C=C/C(O)C(CO)NC(=O)CC(O)CCCCCCCCCCCCCCCCCCCCCC. The van der Waals surface area contributed by atoms with Crippen LogP contribution in [0.1, 0.15) is 245 Å². The van der Waals surface area contributed by atoms with Crippen LogP contribution >= 0.6 is 0 Å². The first-order chi connectivity index (χ1) is 26.5. The van der Waals surface area contributed by atoms with E-state index in [2.05, 4.69) is 43.5 Å². The predicted molar refractivity (Wildman–Crippen MR) is 236 cm³/mol. The van der Waals surface area contributed by atoms with Crippen LogP contribution in [0, 0.1) is 0 Å². The van der Waals surface area contributed by atoms with Crippen molar-refractivity contribution in [2.45, 2.75) is 263 Å². The van der Waals surface area contributed by atoms with E-state index in [4.69, 9.17) is 0 Å². The molecule has 0 bridgehead atoms. The number of amides is 1. The molecule has 0 fully saturated rings. The number of rotatable bonds is 43. The quantitative estimate of drug-likeness (QED) is 0.0368. The fraction of sp³-hybridized carbons (Fsp3) is 0.857. The lowest BCUT2D eigenvalue weighted by molar-refractivity contribution is -0.124. The first kappa shape index (κ1) is 52.6. The molecule has 1 amide bonds. The molecule has 0 radical (unpaired) electrons. The lowest BCUT2D eigenvalue weighted by Gasteiger charge is -2.21. The van der Waals surface area contributed by atoms with Crippen molar-refractivity contribution in [1.29, 1.82) is 0 Å². The van der Waals surface area contributed by atoms with E-state index in [1.165, 1.54) is 180 Å². The van der Waals surface area contributed by atoms with Gasteiger partial charge in [0.05, 0.1) is 31.3 Å². The number of aliphatic hydroxyl groups excluding tert-OH is 3. The zero-order valence-corrected chi connectivity index (χ0v) is 36.1. The minimum atomic E-state index is -0.958. The number of aliphatic hydroxyl groups is 3. The Bertz CT molecular complexity index is 840. The molecule has 54 heavy (non-hydrogen) atoms. The van der Waals surface area contributed by atoms with Crippen LogP contribution in [0.5, 0.6) is 0 Å². The van der Waals surface area contributed by atoms with Crippen molar-refractivity contribution >= 4 is 5.91 Å². The molecule has 0 aromatic rings. The van der Waals surface area contributed by atoms with Gasteiger partial charge in [0.25, 0.3) is 0 Å². The fourth-order valence-electron chi connectivity index (χ4n) is 7.25. The normalized spacial score (nSPS) is 13.8. The second-order valence-electron chi connectivity index (χ2n) is 16.4. The summed E-state index contributed by atoms with van der Waals surface area (Å²) < 4.78 is 0. The van der Waals surface area contributed by atoms with Gasteiger partial charge in [0.2, 0.25) is 5.91 Å². The molecule has 0 spiro atoms. The molecule has 318 valence electrons. The van der Waals surface area contributed by atoms with Crippen LogP contribution in [0.2, 0.25) is 0 Å². The fourth-order valence-corrected chi connectivity index (χ4v) is 7.25. The van der Waals surface area contributed by atoms with Gasteiger partial charge in [-0.3, -0.25) is 4.79 Å².